The van der Waals surface area contributed by atoms with Crippen molar-refractivity contribution >= 4 is 18.0 Å². The zero-order valence-electron chi connectivity index (χ0n) is 10.4. The maximum Gasteiger partial charge on any atom is 0.320 e. The van der Waals surface area contributed by atoms with E-state index in [2.05, 4.69) is 0 Å². The van der Waals surface area contributed by atoms with Crippen molar-refractivity contribution in [3.63, 3.8) is 0 Å². The first kappa shape index (κ1) is 14.9. The molecule has 4 N–H and O–H groups in total. The fourth-order valence-electron chi connectivity index (χ4n) is 1.64. The molecule has 0 spiro atoms. The molecular formula is C14H17NO4. The Hall–Kier alpha value is -2.14. The monoisotopic (exact) mass is 263 g/mol. The van der Waals surface area contributed by atoms with Crippen molar-refractivity contribution in [2.45, 2.75) is 18.9 Å². The number of nitrogens with two attached hydrogens (primary N) is 1. The van der Waals surface area contributed by atoms with Crippen LogP contribution >= 0.6 is 0 Å². The van der Waals surface area contributed by atoms with Crippen LogP contribution in [0.15, 0.2) is 36.4 Å². The summed E-state index contributed by atoms with van der Waals surface area (Å²) in [5, 5.41) is 17.7. The van der Waals surface area contributed by atoms with Crippen LogP contribution in [0.4, 0.5) is 0 Å². The average molecular weight is 263 g/mol. The Bertz CT molecular complexity index is 456. The normalized spacial score (nSPS) is 14.2. The number of allylic oxidation sites excluding steroid dienone is 1. The van der Waals surface area contributed by atoms with E-state index in [1.165, 1.54) is 0 Å². The van der Waals surface area contributed by atoms with E-state index in [4.69, 9.17) is 15.9 Å². The van der Waals surface area contributed by atoms with Gasteiger partial charge in [0.15, 0.2) is 0 Å². The zero-order chi connectivity index (χ0) is 14.3. The van der Waals surface area contributed by atoms with E-state index in [0.29, 0.717) is 0 Å². The van der Waals surface area contributed by atoms with Gasteiger partial charge in [-0.3, -0.25) is 9.59 Å². The van der Waals surface area contributed by atoms with Crippen LogP contribution < -0.4 is 5.73 Å². The summed E-state index contributed by atoms with van der Waals surface area (Å²) in [6, 6.07) is 8.31. The van der Waals surface area contributed by atoms with Gasteiger partial charge in [-0.1, -0.05) is 42.5 Å². The molecule has 0 aromatic heterocycles. The second kappa shape index (κ2) is 7.33. The standard InChI is InChI=1S/C14H17NO4/c15-12(14(18)19)9-11(13(16)17)8-4-7-10-5-2-1-3-6-10/h1-7,11-12H,8-9,15H2,(H,16,17)(H,18,19)/b7-4+/t11-,12+/m0/s1. The van der Waals surface area contributed by atoms with Crippen molar-refractivity contribution in [1.29, 1.82) is 0 Å². The quantitative estimate of drug-likeness (QED) is 0.693. The molecule has 2 atom stereocenters. The molecule has 0 heterocycles. The Kier molecular flexibility index (Phi) is 5.75. The number of aliphatic carboxylic acids is 2. The third kappa shape index (κ3) is 5.35. The minimum Gasteiger partial charge on any atom is -0.481 e. The van der Waals surface area contributed by atoms with Gasteiger partial charge in [0.2, 0.25) is 0 Å². The maximum absolute atomic E-state index is 11.0. The highest BCUT2D eigenvalue weighted by Crippen LogP contribution is 2.13. The van der Waals surface area contributed by atoms with Gasteiger partial charge in [-0.15, -0.1) is 0 Å². The van der Waals surface area contributed by atoms with Crippen molar-refractivity contribution in [3.05, 3.63) is 42.0 Å². The third-order valence-electron chi connectivity index (χ3n) is 2.74. The molecule has 0 amide bonds. The molecule has 0 fully saturated rings. The molecule has 1 aromatic carbocycles. The second-order valence-corrected chi connectivity index (χ2v) is 4.26. The molecule has 1 aromatic rings. The number of carboxylic acids is 2. The van der Waals surface area contributed by atoms with Crippen molar-refractivity contribution in [2.24, 2.45) is 11.7 Å². The highest BCUT2D eigenvalue weighted by Gasteiger charge is 2.23. The summed E-state index contributed by atoms with van der Waals surface area (Å²) in [7, 11) is 0. The van der Waals surface area contributed by atoms with E-state index in [0.717, 1.165) is 5.56 Å². The fraction of sp³-hybridized carbons (Fsp3) is 0.286. The first-order chi connectivity index (χ1) is 9.00. The predicted octanol–water partition coefficient (Wildman–Crippen LogP) is 1.59. The van der Waals surface area contributed by atoms with Crippen LogP contribution in [0, 0.1) is 5.92 Å². The van der Waals surface area contributed by atoms with E-state index in [1.807, 2.05) is 36.4 Å². The summed E-state index contributed by atoms with van der Waals surface area (Å²) >= 11 is 0. The van der Waals surface area contributed by atoms with Crippen molar-refractivity contribution in [2.75, 3.05) is 0 Å². The van der Waals surface area contributed by atoms with E-state index < -0.39 is 23.9 Å². The molecule has 0 unspecified atom stereocenters. The Balaban J connectivity index is 2.57. The molecule has 5 heteroatoms. The van der Waals surface area contributed by atoms with Crippen LogP contribution in [-0.4, -0.2) is 28.2 Å². The van der Waals surface area contributed by atoms with Gasteiger partial charge in [-0.2, -0.15) is 0 Å². The Morgan fingerprint density at radius 1 is 1.16 bits per heavy atom. The van der Waals surface area contributed by atoms with Crippen molar-refractivity contribution in [3.8, 4) is 0 Å². The van der Waals surface area contributed by atoms with Crippen molar-refractivity contribution in [1.82, 2.24) is 0 Å². The number of benzene rings is 1. The second-order valence-electron chi connectivity index (χ2n) is 4.26. The van der Waals surface area contributed by atoms with Crippen LogP contribution in [0.5, 0.6) is 0 Å². The highest BCUT2D eigenvalue weighted by molar-refractivity contribution is 5.76. The molecule has 0 saturated carbocycles. The zero-order valence-corrected chi connectivity index (χ0v) is 10.4. The van der Waals surface area contributed by atoms with Crippen LogP contribution in [0.25, 0.3) is 6.08 Å². The lowest BCUT2D eigenvalue weighted by molar-refractivity contribution is -0.143. The molecule has 5 nitrogen and oxygen atoms in total. The molecule has 1 rings (SSSR count). The molecule has 0 saturated heterocycles. The summed E-state index contributed by atoms with van der Waals surface area (Å²) in [4.78, 5) is 21.6. The lowest BCUT2D eigenvalue weighted by Crippen LogP contribution is -2.34. The van der Waals surface area contributed by atoms with E-state index in [-0.39, 0.29) is 12.8 Å². The fourth-order valence-corrected chi connectivity index (χ4v) is 1.64. The van der Waals surface area contributed by atoms with E-state index in [9.17, 15) is 9.59 Å². The van der Waals surface area contributed by atoms with Gasteiger partial charge < -0.3 is 15.9 Å². The molecular weight excluding hydrogens is 246 g/mol. The largest absolute Gasteiger partial charge is 0.481 e. The van der Waals surface area contributed by atoms with E-state index >= 15 is 0 Å². The number of rotatable bonds is 7. The summed E-state index contributed by atoms with van der Waals surface area (Å²) in [6.07, 6.45) is 3.71. The number of carbonyl (C=O) groups is 2. The summed E-state index contributed by atoms with van der Waals surface area (Å²) < 4.78 is 0. The first-order valence-electron chi connectivity index (χ1n) is 5.93. The van der Waals surface area contributed by atoms with Gasteiger partial charge in [0.25, 0.3) is 0 Å². The summed E-state index contributed by atoms with van der Waals surface area (Å²) in [5.41, 5.74) is 6.32. The number of carboxylic acid groups (broad SMARTS) is 2. The maximum atomic E-state index is 11.0. The van der Waals surface area contributed by atoms with Gasteiger partial charge in [-0.05, 0) is 18.4 Å². The minimum absolute atomic E-state index is 0.0796. The van der Waals surface area contributed by atoms with Crippen LogP contribution in [0.1, 0.15) is 18.4 Å². The molecule has 0 radical (unpaired) electrons. The van der Waals surface area contributed by atoms with Gasteiger partial charge in [0.1, 0.15) is 6.04 Å². The summed E-state index contributed by atoms with van der Waals surface area (Å²) in [5.74, 6) is -3.00. The highest BCUT2D eigenvalue weighted by atomic mass is 16.4. The Morgan fingerprint density at radius 3 is 2.32 bits per heavy atom. The topological polar surface area (TPSA) is 101 Å². The van der Waals surface area contributed by atoms with Gasteiger partial charge >= 0.3 is 11.9 Å². The lowest BCUT2D eigenvalue weighted by atomic mass is 9.96. The molecule has 0 aliphatic heterocycles. The Morgan fingerprint density at radius 2 is 1.79 bits per heavy atom. The summed E-state index contributed by atoms with van der Waals surface area (Å²) in [6.45, 7) is 0. The number of hydrogen-bond donors (Lipinski definition) is 3. The minimum atomic E-state index is -1.18. The Labute approximate surface area is 111 Å². The van der Waals surface area contributed by atoms with Gasteiger partial charge in [-0.25, -0.2) is 0 Å². The van der Waals surface area contributed by atoms with Crippen LogP contribution in [-0.2, 0) is 9.59 Å². The van der Waals surface area contributed by atoms with Crippen LogP contribution in [0.2, 0.25) is 0 Å². The smallest absolute Gasteiger partial charge is 0.320 e. The SMILES string of the molecule is N[C@H](C[C@H](C/C=C/c1ccccc1)C(=O)O)C(=O)O. The van der Waals surface area contributed by atoms with E-state index in [1.54, 1.807) is 6.08 Å². The lowest BCUT2D eigenvalue weighted by Gasteiger charge is -2.12. The molecule has 0 bridgehead atoms. The van der Waals surface area contributed by atoms with Gasteiger partial charge in [0.05, 0.1) is 5.92 Å². The van der Waals surface area contributed by atoms with Crippen molar-refractivity contribution < 1.29 is 19.8 Å². The number of hydrogen-bond acceptors (Lipinski definition) is 3. The molecule has 0 aliphatic rings. The first-order valence-corrected chi connectivity index (χ1v) is 5.93. The predicted molar refractivity (Wildman–Crippen MR) is 71.4 cm³/mol. The van der Waals surface area contributed by atoms with Crippen LogP contribution in [0.3, 0.4) is 0 Å². The molecule has 102 valence electrons. The van der Waals surface area contributed by atoms with Gasteiger partial charge in [0, 0.05) is 0 Å². The average Bonchev–Trinajstić information content (AvgIpc) is 2.38. The molecule has 0 aliphatic carbocycles. The third-order valence-corrected chi connectivity index (χ3v) is 2.74. The molecule has 19 heavy (non-hydrogen) atoms.